The van der Waals surface area contributed by atoms with Crippen LogP contribution in [0.15, 0.2) is 42.5 Å². The largest absolute Gasteiger partial charge is 0.495 e. The first-order valence-corrected chi connectivity index (χ1v) is 10.3. The molecule has 2 amide bonds. The summed E-state index contributed by atoms with van der Waals surface area (Å²) in [5, 5.41) is 2.77. The van der Waals surface area contributed by atoms with Crippen LogP contribution in [0.25, 0.3) is 0 Å². The van der Waals surface area contributed by atoms with Crippen molar-refractivity contribution in [2.24, 2.45) is 5.41 Å². The van der Waals surface area contributed by atoms with Gasteiger partial charge in [-0.2, -0.15) is 0 Å². The molecular weight excluding hydrogens is 380 g/mol. The number of anilines is 2. The van der Waals surface area contributed by atoms with Crippen LogP contribution in [0.1, 0.15) is 29.8 Å². The second kappa shape index (κ2) is 6.94. The third-order valence-corrected chi connectivity index (χ3v) is 6.55. The lowest BCUT2D eigenvalue weighted by molar-refractivity contribution is -0.123. The fraction of sp³-hybridized carbons (Fsp3) is 0.300. The molecule has 0 spiro atoms. The zero-order chi connectivity index (χ0) is 20.7. The highest BCUT2D eigenvalue weighted by Crippen LogP contribution is 2.36. The summed E-state index contributed by atoms with van der Waals surface area (Å²) in [5.74, 6) is -0.705. The Morgan fingerprint density at radius 1 is 1.18 bits per heavy atom. The summed E-state index contributed by atoms with van der Waals surface area (Å²) in [7, 11) is -2.28. The first-order valence-electron chi connectivity index (χ1n) is 8.69. The molecule has 1 saturated heterocycles. The Bertz CT molecular complexity index is 1060. The Morgan fingerprint density at radius 2 is 1.89 bits per heavy atom. The predicted octanol–water partition coefficient (Wildman–Crippen LogP) is 2.96. The molecule has 0 atom stereocenters. The maximum absolute atomic E-state index is 12.7. The van der Waals surface area contributed by atoms with E-state index in [1.807, 2.05) is 13.0 Å². The molecule has 2 aromatic carbocycles. The minimum absolute atomic E-state index is 0.152. The van der Waals surface area contributed by atoms with Gasteiger partial charge in [0.05, 0.1) is 29.7 Å². The molecule has 8 heteroatoms. The number of hydrogen-bond acceptors (Lipinski definition) is 5. The fourth-order valence-corrected chi connectivity index (χ4v) is 5.25. The monoisotopic (exact) mass is 402 g/mol. The average molecular weight is 402 g/mol. The van der Waals surface area contributed by atoms with E-state index >= 15 is 0 Å². The van der Waals surface area contributed by atoms with E-state index in [1.165, 1.54) is 19.2 Å². The quantitative estimate of drug-likeness (QED) is 0.849. The van der Waals surface area contributed by atoms with E-state index in [1.54, 1.807) is 38.1 Å². The molecule has 3 rings (SSSR count). The average Bonchev–Trinajstić information content (AvgIpc) is 2.78. The molecule has 0 aromatic heterocycles. The van der Waals surface area contributed by atoms with Crippen molar-refractivity contribution >= 4 is 33.2 Å². The minimum atomic E-state index is -3.78. The van der Waals surface area contributed by atoms with E-state index < -0.39 is 27.3 Å². The van der Waals surface area contributed by atoms with Crippen molar-refractivity contribution in [1.29, 1.82) is 0 Å². The van der Waals surface area contributed by atoms with Crippen molar-refractivity contribution < 1.29 is 22.7 Å². The van der Waals surface area contributed by atoms with Gasteiger partial charge in [0.25, 0.3) is 5.91 Å². The van der Waals surface area contributed by atoms with Crippen LogP contribution in [0.2, 0.25) is 0 Å². The zero-order valence-corrected chi connectivity index (χ0v) is 17.0. The van der Waals surface area contributed by atoms with Crippen molar-refractivity contribution in [2.45, 2.75) is 20.8 Å². The lowest BCUT2D eigenvalue weighted by Gasteiger charge is -2.18. The molecule has 0 radical (unpaired) electrons. The Labute approximate surface area is 164 Å². The summed E-state index contributed by atoms with van der Waals surface area (Å²) in [4.78, 5) is 25.3. The Morgan fingerprint density at radius 3 is 2.50 bits per heavy atom. The molecular formula is C20H22N2O5S. The van der Waals surface area contributed by atoms with Gasteiger partial charge in [-0.25, -0.2) is 12.7 Å². The van der Waals surface area contributed by atoms with E-state index in [9.17, 15) is 18.0 Å². The first-order chi connectivity index (χ1) is 13.0. The van der Waals surface area contributed by atoms with Crippen LogP contribution in [-0.2, 0) is 14.8 Å². The summed E-state index contributed by atoms with van der Waals surface area (Å²) in [6.07, 6.45) is 0. The highest BCUT2D eigenvalue weighted by atomic mass is 32.2. The molecule has 148 valence electrons. The molecule has 1 fully saturated rings. The van der Waals surface area contributed by atoms with Gasteiger partial charge in [0.2, 0.25) is 15.9 Å². The maximum atomic E-state index is 12.7. The number of aryl methyl sites for hydroxylation is 1. The van der Waals surface area contributed by atoms with Gasteiger partial charge >= 0.3 is 0 Å². The number of carbonyl (C=O) groups is 2. The van der Waals surface area contributed by atoms with Gasteiger partial charge in [0.1, 0.15) is 5.75 Å². The third-order valence-electron chi connectivity index (χ3n) is 4.53. The van der Waals surface area contributed by atoms with Crippen molar-refractivity contribution in [1.82, 2.24) is 0 Å². The predicted molar refractivity (Wildman–Crippen MR) is 107 cm³/mol. The minimum Gasteiger partial charge on any atom is -0.495 e. The van der Waals surface area contributed by atoms with E-state index in [0.29, 0.717) is 11.4 Å². The van der Waals surface area contributed by atoms with Crippen molar-refractivity contribution in [3.63, 3.8) is 0 Å². The molecule has 0 aliphatic carbocycles. The molecule has 1 heterocycles. The van der Waals surface area contributed by atoms with Gasteiger partial charge < -0.3 is 10.1 Å². The molecule has 7 nitrogen and oxygen atoms in total. The van der Waals surface area contributed by atoms with Gasteiger partial charge in [-0.15, -0.1) is 0 Å². The van der Waals surface area contributed by atoms with Gasteiger partial charge in [-0.05, 0) is 56.7 Å². The number of hydrogen-bond donors (Lipinski definition) is 1. The molecule has 2 aromatic rings. The van der Waals surface area contributed by atoms with Crippen LogP contribution in [-0.4, -0.2) is 33.1 Å². The van der Waals surface area contributed by atoms with Gasteiger partial charge in [-0.3, -0.25) is 9.59 Å². The highest BCUT2D eigenvalue weighted by Gasteiger charge is 2.49. The highest BCUT2D eigenvalue weighted by molar-refractivity contribution is 7.94. The van der Waals surface area contributed by atoms with Gasteiger partial charge in [0, 0.05) is 5.56 Å². The van der Waals surface area contributed by atoms with Crippen LogP contribution >= 0.6 is 0 Å². The zero-order valence-electron chi connectivity index (χ0n) is 16.1. The number of rotatable bonds is 4. The number of ether oxygens (including phenoxy) is 1. The van der Waals surface area contributed by atoms with Crippen LogP contribution < -0.4 is 14.4 Å². The molecule has 0 unspecified atom stereocenters. The summed E-state index contributed by atoms with van der Waals surface area (Å²) in [6.45, 7) is 5.07. The molecule has 0 bridgehead atoms. The fourth-order valence-electron chi connectivity index (χ4n) is 3.15. The normalized spacial score (nSPS) is 17.4. The second-order valence-electron chi connectivity index (χ2n) is 7.42. The first kappa shape index (κ1) is 19.9. The van der Waals surface area contributed by atoms with Crippen LogP contribution in [0.5, 0.6) is 5.75 Å². The second-order valence-corrected chi connectivity index (χ2v) is 9.24. The third kappa shape index (κ3) is 3.60. The number of nitrogens with zero attached hydrogens (tertiary/aromatic N) is 1. The smallest absolute Gasteiger partial charge is 0.255 e. The summed E-state index contributed by atoms with van der Waals surface area (Å²) in [5.41, 5.74) is 0.824. The SMILES string of the molecule is COc1ccc(C)cc1NC(=O)c1cccc(N2C(=O)C(C)(C)CS2(=O)=O)c1. The molecule has 1 aliphatic rings. The number of nitrogens with one attached hydrogen (secondary N) is 1. The lowest BCUT2D eigenvalue weighted by Crippen LogP contribution is -2.33. The van der Waals surface area contributed by atoms with Crippen molar-refractivity contribution in [3.05, 3.63) is 53.6 Å². The lowest BCUT2D eigenvalue weighted by atomic mass is 9.95. The maximum Gasteiger partial charge on any atom is 0.255 e. The van der Waals surface area contributed by atoms with E-state index in [0.717, 1.165) is 9.87 Å². The van der Waals surface area contributed by atoms with Crippen molar-refractivity contribution in [2.75, 3.05) is 22.5 Å². The number of carbonyl (C=O) groups excluding carboxylic acids is 2. The molecule has 1 N–H and O–H groups in total. The standard InChI is InChI=1S/C20H22N2O5S/c1-13-8-9-17(27-4)16(10-13)21-18(23)14-6-5-7-15(11-14)22-19(24)20(2,3)12-28(22,25)26/h5-11H,12H2,1-4H3,(H,21,23). The van der Waals surface area contributed by atoms with Crippen molar-refractivity contribution in [3.8, 4) is 5.75 Å². The number of sulfonamides is 1. The van der Waals surface area contributed by atoms with E-state index in [-0.39, 0.29) is 17.0 Å². The molecule has 0 saturated carbocycles. The Kier molecular flexibility index (Phi) is 4.93. The van der Waals surface area contributed by atoms with E-state index in [2.05, 4.69) is 5.32 Å². The topological polar surface area (TPSA) is 92.8 Å². The van der Waals surface area contributed by atoms with Crippen LogP contribution in [0.3, 0.4) is 0 Å². The van der Waals surface area contributed by atoms with Gasteiger partial charge in [-0.1, -0.05) is 12.1 Å². The number of benzene rings is 2. The summed E-state index contributed by atoms with van der Waals surface area (Å²) >= 11 is 0. The van der Waals surface area contributed by atoms with Crippen LogP contribution in [0.4, 0.5) is 11.4 Å². The Balaban J connectivity index is 1.93. The number of amides is 2. The molecule has 1 aliphatic heterocycles. The molecule has 28 heavy (non-hydrogen) atoms. The van der Waals surface area contributed by atoms with Gasteiger partial charge in [0.15, 0.2) is 0 Å². The summed E-state index contributed by atoms with van der Waals surface area (Å²) < 4.78 is 31.0. The van der Waals surface area contributed by atoms with Crippen LogP contribution in [0, 0.1) is 12.3 Å². The van der Waals surface area contributed by atoms with E-state index in [4.69, 9.17) is 4.74 Å². The summed E-state index contributed by atoms with van der Waals surface area (Å²) in [6, 6.07) is 11.4. The number of methoxy groups -OCH3 is 1. The Hall–Kier alpha value is -2.87.